The number of pyridine rings is 2. The molecule has 0 radical (unpaired) electrons. The Hall–Kier alpha value is -5.25. The van der Waals surface area contributed by atoms with Gasteiger partial charge in [-0.2, -0.15) is 0 Å². The summed E-state index contributed by atoms with van der Waals surface area (Å²) in [6.45, 7) is 11.6. The van der Waals surface area contributed by atoms with Crippen molar-refractivity contribution in [3.63, 3.8) is 0 Å². The van der Waals surface area contributed by atoms with Crippen molar-refractivity contribution in [2.24, 2.45) is 0 Å². The number of aromatic nitrogens is 3. The average Bonchev–Trinajstić information content (AvgIpc) is 3.28. The van der Waals surface area contributed by atoms with Crippen LogP contribution in [-0.2, 0) is 16.1 Å². The minimum atomic E-state index is -0.112. The number of piperazine rings is 2. The number of amides is 3. The summed E-state index contributed by atoms with van der Waals surface area (Å²) in [5, 5.41) is 10.8. The highest BCUT2D eigenvalue weighted by molar-refractivity contribution is 6.35. The molecule has 5 aromatic rings. The third-order valence-corrected chi connectivity index (χ3v) is 11.7. The lowest BCUT2D eigenvalue weighted by Crippen LogP contribution is -2.45. The Morgan fingerprint density at radius 2 is 1.69 bits per heavy atom. The number of halogens is 1. The van der Waals surface area contributed by atoms with Crippen LogP contribution in [0.25, 0.3) is 16.6 Å². The van der Waals surface area contributed by atoms with Crippen LogP contribution in [0.15, 0.2) is 90.1 Å². The number of nitrogens with zero attached hydrogens (tertiary/aromatic N) is 7. The van der Waals surface area contributed by atoms with Crippen LogP contribution < -0.4 is 21.5 Å². The quantitative estimate of drug-likeness (QED) is 0.159. The molecule has 8 rings (SSSR count). The number of nitrogens with one attached hydrogen (secondary N) is 3. The summed E-state index contributed by atoms with van der Waals surface area (Å²) < 4.78 is 1.51. The highest BCUT2D eigenvalue weighted by Crippen LogP contribution is 2.26. The number of likely N-dealkylation sites (tertiary alicyclic amines) is 1. The summed E-state index contributed by atoms with van der Waals surface area (Å²) in [6, 6.07) is 21.4. The first-order valence-corrected chi connectivity index (χ1v) is 21.0. The van der Waals surface area contributed by atoms with Crippen LogP contribution in [0.5, 0.6) is 0 Å². The van der Waals surface area contributed by atoms with Gasteiger partial charge < -0.3 is 30.7 Å². The number of carbonyl (C=O) groups is 3. The second kappa shape index (κ2) is 20.6. The molecule has 3 saturated heterocycles. The fraction of sp³-hybridized carbons (Fsp3) is 0.409. The first-order valence-electron chi connectivity index (χ1n) is 20.6. The molecule has 3 fully saturated rings. The first kappa shape index (κ1) is 41.9. The standard InChI is InChI=1S/C23H24ClN3O.C21H29N7O3/c24-21-10-11-25-22-15-18(8-9-20(21)22)23(28)26-12-14-27-13-4-7-19(16-27)17-5-2-1-3-6-17;29-16-27-11-9-26(10-12-27)15-17-14-23-19-13-18(1-6-28(19)21(17)31)24-20(30)2-5-25-7-3-22-4-8-25/h1-3,5-6,8-11,15,19H,4,7,12-14,16H2,(H,26,28);1,6,13-14,16,22H,2-5,7-12,15H2,(H,24,30). The van der Waals surface area contributed by atoms with Crippen LogP contribution in [-0.4, -0.2) is 137 Å². The normalized spacial score (nSPS) is 17.9. The van der Waals surface area contributed by atoms with Gasteiger partial charge in [0, 0.05) is 133 Å². The molecule has 6 heterocycles. The Bertz CT molecular complexity index is 2260. The minimum absolute atomic E-state index is 0.0451. The van der Waals surface area contributed by atoms with E-state index in [0.29, 0.717) is 66.0 Å². The van der Waals surface area contributed by atoms with Crippen molar-refractivity contribution in [1.82, 2.24) is 44.6 Å². The molecule has 14 nitrogen and oxygen atoms in total. The average molecular weight is 821 g/mol. The lowest BCUT2D eigenvalue weighted by Gasteiger charge is -2.33. The molecule has 0 aliphatic carbocycles. The van der Waals surface area contributed by atoms with Gasteiger partial charge in [-0.15, -0.1) is 0 Å². The summed E-state index contributed by atoms with van der Waals surface area (Å²) in [7, 11) is 0. The summed E-state index contributed by atoms with van der Waals surface area (Å²) in [6.07, 6.45) is 8.66. The van der Waals surface area contributed by atoms with Gasteiger partial charge in [-0.3, -0.25) is 33.5 Å². The van der Waals surface area contributed by atoms with Crippen molar-refractivity contribution in [3.8, 4) is 0 Å². The van der Waals surface area contributed by atoms with E-state index in [1.54, 1.807) is 53.8 Å². The fourth-order valence-corrected chi connectivity index (χ4v) is 8.14. The third-order valence-electron chi connectivity index (χ3n) is 11.3. The Labute approximate surface area is 349 Å². The van der Waals surface area contributed by atoms with Crippen LogP contribution in [0.2, 0.25) is 5.02 Å². The van der Waals surface area contributed by atoms with Gasteiger partial charge in [0.05, 0.1) is 16.1 Å². The molecule has 0 spiro atoms. The molecule has 3 aliphatic rings. The van der Waals surface area contributed by atoms with E-state index in [-0.39, 0.29) is 17.4 Å². The van der Waals surface area contributed by atoms with Gasteiger partial charge in [-0.05, 0) is 55.1 Å². The van der Waals surface area contributed by atoms with E-state index in [4.69, 9.17) is 11.6 Å². The van der Waals surface area contributed by atoms with Crippen molar-refractivity contribution >= 4 is 52.1 Å². The van der Waals surface area contributed by atoms with E-state index in [1.807, 2.05) is 6.07 Å². The number of benzene rings is 2. The Morgan fingerprint density at radius 3 is 2.49 bits per heavy atom. The summed E-state index contributed by atoms with van der Waals surface area (Å²) >= 11 is 6.17. The first-order chi connectivity index (χ1) is 28.8. The minimum Gasteiger partial charge on any atom is -0.351 e. The number of carbonyl (C=O) groups excluding carboxylic acids is 3. The number of rotatable bonds is 12. The topological polar surface area (TPSA) is 148 Å². The van der Waals surface area contributed by atoms with E-state index in [0.717, 1.165) is 82.8 Å². The zero-order valence-corrected chi connectivity index (χ0v) is 34.2. The largest absolute Gasteiger partial charge is 0.351 e. The van der Waals surface area contributed by atoms with Crippen LogP contribution in [0.4, 0.5) is 5.69 Å². The van der Waals surface area contributed by atoms with E-state index in [1.165, 1.54) is 22.8 Å². The van der Waals surface area contributed by atoms with Crippen molar-refractivity contribution in [1.29, 1.82) is 0 Å². The van der Waals surface area contributed by atoms with Gasteiger partial charge in [0.15, 0.2) is 0 Å². The lowest BCUT2D eigenvalue weighted by molar-refractivity contribution is -0.119. The molecule has 0 saturated carbocycles. The molecule has 1 atom stereocenters. The van der Waals surface area contributed by atoms with Gasteiger partial charge in [0.1, 0.15) is 5.65 Å². The maximum atomic E-state index is 12.9. The molecular weight excluding hydrogens is 768 g/mol. The highest BCUT2D eigenvalue weighted by atomic mass is 35.5. The maximum absolute atomic E-state index is 12.9. The number of hydrogen-bond acceptors (Lipinski definition) is 10. The maximum Gasteiger partial charge on any atom is 0.262 e. The molecule has 3 N–H and O–H groups in total. The third kappa shape index (κ3) is 11.5. The van der Waals surface area contributed by atoms with Gasteiger partial charge in [-0.1, -0.05) is 48.0 Å². The number of fused-ring (bicyclic) bond motifs is 2. The lowest BCUT2D eigenvalue weighted by atomic mass is 9.91. The number of hydrogen-bond donors (Lipinski definition) is 3. The predicted molar refractivity (Wildman–Crippen MR) is 231 cm³/mol. The second-order valence-corrected chi connectivity index (χ2v) is 15.8. The summed E-state index contributed by atoms with van der Waals surface area (Å²) in [5.74, 6) is 0.471. The predicted octanol–water partition coefficient (Wildman–Crippen LogP) is 3.70. The van der Waals surface area contributed by atoms with Gasteiger partial charge in [0.2, 0.25) is 12.3 Å². The molecule has 310 valence electrons. The molecule has 3 aromatic heterocycles. The van der Waals surface area contributed by atoms with Crippen molar-refractivity contribution in [2.75, 3.05) is 90.4 Å². The zero-order valence-electron chi connectivity index (χ0n) is 33.4. The molecule has 3 amide bonds. The fourth-order valence-electron chi connectivity index (χ4n) is 7.92. The van der Waals surface area contributed by atoms with Crippen LogP contribution in [0.3, 0.4) is 0 Å². The highest BCUT2D eigenvalue weighted by Gasteiger charge is 2.22. The van der Waals surface area contributed by atoms with Gasteiger partial charge in [-0.25, -0.2) is 4.98 Å². The van der Waals surface area contributed by atoms with Gasteiger partial charge >= 0.3 is 0 Å². The van der Waals surface area contributed by atoms with Crippen molar-refractivity contribution in [3.05, 3.63) is 117 Å². The monoisotopic (exact) mass is 820 g/mol. The Balaban J connectivity index is 0.000000180. The molecule has 59 heavy (non-hydrogen) atoms. The SMILES string of the molecule is O=C(NCCN1CCCC(c2ccccc2)C1)c1ccc2c(Cl)ccnc2c1.O=CN1CCN(Cc2cnc3cc(NC(=O)CCN4CCNCC4)ccn3c2=O)CC1. The van der Waals surface area contributed by atoms with Crippen molar-refractivity contribution in [2.45, 2.75) is 31.7 Å². The van der Waals surface area contributed by atoms with E-state index in [2.05, 4.69) is 70.9 Å². The van der Waals surface area contributed by atoms with E-state index in [9.17, 15) is 19.2 Å². The van der Waals surface area contributed by atoms with Gasteiger partial charge in [0.25, 0.3) is 11.5 Å². The van der Waals surface area contributed by atoms with E-state index < -0.39 is 0 Å². The van der Waals surface area contributed by atoms with Crippen LogP contribution in [0.1, 0.15) is 46.7 Å². The molecule has 0 bridgehead atoms. The molecular formula is C44H53ClN10O4. The Morgan fingerprint density at radius 1 is 0.881 bits per heavy atom. The molecule has 3 aliphatic heterocycles. The number of anilines is 1. The second-order valence-electron chi connectivity index (χ2n) is 15.4. The molecule has 2 aromatic carbocycles. The number of piperidine rings is 1. The Kier molecular flexibility index (Phi) is 14.6. The zero-order chi connectivity index (χ0) is 41.0. The summed E-state index contributed by atoms with van der Waals surface area (Å²) in [5.41, 5.74) is 4.40. The summed E-state index contributed by atoms with van der Waals surface area (Å²) in [4.78, 5) is 65.9. The molecule has 15 heteroatoms. The van der Waals surface area contributed by atoms with E-state index >= 15 is 0 Å². The smallest absolute Gasteiger partial charge is 0.262 e. The van der Waals surface area contributed by atoms with Crippen LogP contribution in [0, 0.1) is 0 Å². The molecule has 1 unspecified atom stereocenters. The van der Waals surface area contributed by atoms with Crippen LogP contribution >= 0.6 is 11.6 Å². The van der Waals surface area contributed by atoms with Crippen molar-refractivity contribution < 1.29 is 14.4 Å².